The number of amides is 1. The Labute approximate surface area is 97.2 Å². The molecule has 0 spiro atoms. The van der Waals surface area contributed by atoms with E-state index in [-0.39, 0.29) is 11.5 Å². The summed E-state index contributed by atoms with van der Waals surface area (Å²) < 4.78 is 5.37. The summed E-state index contributed by atoms with van der Waals surface area (Å²) >= 11 is 1.16. The minimum atomic E-state index is -0.264. The zero-order valence-electron chi connectivity index (χ0n) is 9.02. The number of anilines is 2. The minimum absolute atomic E-state index is 0.0994. The van der Waals surface area contributed by atoms with Gasteiger partial charge in [-0.2, -0.15) is 0 Å². The summed E-state index contributed by atoms with van der Waals surface area (Å²) in [5.41, 5.74) is 5.15. The van der Waals surface area contributed by atoms with E-state index in [0.717, 1.165) is 30.6 Å². The Bertz CT molecular complexity index is 383. The van der Waals surface area contributed by atoms with E-state index in [1.54, 1.807) is 7.11 Å². The molecule has 1 aromatic rings. The van der Waals surface area contributed by atoms with Crippen LogP contribution in [-0.4, -0.2) is 28.8 Å². The summed E-state index contributed by atoms with van der Waals surface area (Å²) in [5.74, 6) is -0.0994. The number of carbonyl (C=O) groups is 1. The Morgan fingerprint density at radius 2 is 2.38 bits per heavy atom. The maximum Gasteiger partial charge on any atom is 0.229 e. The first-order chi connectivity index (χ1) is 7.63. The zero-order chi connectivity index (χ0) is 11.6. The number of nitrogens with one attached hydrogen (secondary N) is 1. The van der Waals surface area contributed by atoms with Gasteiger partial charge < -0.3 is 15.8 Å². The van der Waals surface area contributed by atoms with Crippen LogP contribution in [-0.2, 0) is 9.53 Å². The van der Waals surface area contributed by atoms with E-state index in [0.29, 0.717) is 16.7 Å². The molecule has 1 fully saturated rings. The highest BCUT2D eigenvalue weighted by atomic mass is 32.1. The van der Waals surface area contributed by atoms with Gasteiger partial charge >= 0.3 is 0 Å². The SMILES string of the molecule is COC1(CC(=O)Nc2nnc(N)s2)CCC1. The molecule has 0 saturated heterocycles. The molecule has 1 amide bonds. The van der Waals surface area contributed by atoms with E-state index in [2.05, 4.69) is 15.5 Å². The molecule has 7 heteroatoms. The Morgan fingerprint density at radius 3 is 2.81 bits per heavy atom. The van der Waals surface area contributed by atoms with Crippen LogP contribution in [0.25, 0.3) is 0 Å². The monoisotopic (exact) mass is 242 g/mol. The second-order valence-corrected chi connectivity index (χ2v) is 4.92. The lowest BCUT2D eigenvalue weighted by Crippen LogP contribution is -2.42. The number of ether oxygens (including phenoxy) is 1. The van der Waals surface area contributed by atoms with Gasteiger partial charge in [0.1, 0.15) is 0 Å². The topological polar surface area (TPSA) is 90.1 Å². The summed E-state index contributed by atoms with van der Waals surface area (Å²) in [6.45, 7) is 0. The minimum Gasteiger partial charge on any atom is -0.378 e. The number of nitrogens with zero attached hydrogens (tertiary/aromatic N) is 2. The summed E-state index contributed by atoms with van der Waals surface area (Å²) in [7, 11) is 1.65. The first kappa shape index (κ1) is 11.3. The van der Waals surface area contributed by atoms with E-state index >= 15 is 0 Å². The fraction of sp³-hybridized carbons (Fsp3) is 0.667. The van der Waals surface area contributed by atoms with Crippen LogP contribution in [0.2, 0.25) is 0 Å². The van der Waals surface area contributed by atoms with Crippen molar-refractivity contribution in [1.82, 2.24) is 10.2 Å². The molecule has 0 atom stereocenters. The number of hydrogen-bond acceptors (Lipinski definition) is 6. The van der Waals surface area contributed by atoms with Crippen LogP contribution in [0.3, 0.4) is 0 Å². The van der Waals surface area contributed by atoms with Crippen LogP contribution >= 0.6 is 11.3 Å². The highest BCUT2D eigenvalue weighted by Crippen LogP contribution is 2.38. The molecule has 0 unspecified atom stereocenters. The summed E-state index contributed by atoms with van der Waals surface area (Å²) in [5, 5.41) is 10.8. The van der Waals surface area contributed by atoms with Gasteiger partial charge in [-0.05, 0) is 19.3 Å². The third-order valence-corrected chi connectivity index (χ3v) is 3.54. The second kappa shape index (κ2) is 4.34. The second-order valence-electron chi connectivity index (χ2n) is 3.91. The highest BCUT2D eigenvalue weighted by molar-refractivity contribution is 7.18. The smallest absolute Gasteiger partial charge is 0.229 e. The maximum atomic E-state index is 11.7. The quantitative estimate of drug-likeness (QED) is 0.822. The van der Waals surface area contributed by atoms with Crippen LogP contribution in [0.4, 0.5) is 10.3 Å². The number of rotatable bonds is 4. The molecule has 88 valence electrons. The highest BCUT2D eigenvalue weighted by Gasteiger charge is 2.39. The summed E-state index contributed by atoms with van der Waals surface area (Å²) in [6.07, 6.45) is 3.36. The van der Waals surface area contributed by atoms with Crippen molar-refractivity contribution in [2.24, 2.45) is 0 Å². The van der Waals surface area contributed by atoms with E-state index in [9.17, 15) is 4.79 Å². The van der Waals surface area contributed by atoms with Crippen molar-refractivity contribution in [2.75, 3.05) is 18.2 Å². The van der Waals surface area contributed by atoms with Crippen LogP contribution < -0.4 is 11.1 Å². The number of aromatic nitrogens is 2. The average Bonchev–Trinajstić information content (AvgIpc) is 2.57. The van der Waals surface area contributed by atoms with Gasteiger partial charge in [0.2, 0.25) is 16.2 Å². The molecule has 1 aliphatic rings. The van der Waals surface area contributed by atoms with E-state index in [4.69, 9.17) is 10.5 Å². The van der Waals surface area contributed by atoms with Gasteiger partial charge in [0, 0.05) is 7.11 Å². The summed E-state index contributed by atoms with van der Waals surface area (Å²) in [6, 6.07) is 0. The number of carbonyl (C=O) groups excluding carboxylic acids is 1. The lowest BCUT2D eigenvalue weighted by Gasteiger charge is -2.39. The lowest BCUT2D eigenvalue weighted by molar-refractivity contribution is -0.129. The summed E-state index contributed by atoms with van der Waals surface area (Å²) in [4.78, 5) is 11.7. The molecule has 1 saturated carbocycles. The number of nitrogens with two attached hydrogens (primary N) is 1. The van der Waals surface area contributed by atoms with E-state index in [1.165, 1.54) is 0 Å². The van der Waals surface area contributed by atoms with Crippen molar-refractivity contribution in [3.63, 3.8) is 0 Å². The molecule has 0 bridgehead atoms. The Kier molecular flexibility index (Phi) is 3.06. The molecule has 1 aliphatic carbocycles. The van der Waals surface area contributed by atoms with Gasteiger partial charge in [0.05, 0.1) is 12.0 Å². The predicted molar refractivity (Wildman–Crippen MR) is 61.2 cm³/mol. The van der Waals surface area contributed by atoms with Crippen LogP contribution in [0.1, 0.15) is 25.7 Å². The van der Waals surface area contributed by atoms with Crippen LogP contribution in [0.5, 0.6) is 0 Å². The first-order valence-corrected chi connectivity index (χ1v) is 5.89. The largest absolute Gasteiger partial charge is 0.378 e. The molecule has 2 rings (SSSR count). The standard InChI is InChI=1S/C9H14N4O2S/c1-15-9(3-2-4-9)5-6(14)11-8-13-12-7(10)16-8/h2-5H2,1H3,(H2,10,12)(H,11,13,14). The van der Waals surface area contributed by atoms with Crippen molar-refractivity contribution in [3.05, 3.63) is 0 Å². The van der Waals surface area contributed by atoms with Gasteiger partial charge in [-0.3, -0.25) is 4.79 Å². The number of nitrogen functional groups attached to an aromatic ring is 1. The Hall–Kier alpha value is -1.21. The van der Waals surface area contributed by atoms with Gasteiger partial charge in [-0.15, -0.1) is 10.2 Å². The van der Waals surface area contributed by atoms with Crippen molar-refractivity contribution >= 4 is 27.5 Å². The molecular weight excluding hydrogens is 228 g/mol. The van der Waals surface area contributed by atoms with Gasteiger partial charge in [0.25, 0.3) is 0 Å². The average molecular weight is 242 g/mol. The molecule has 0 aliphatic heterocycles. The molecular formula is C9H14N4O2S. The molecule has 3 N–H and O–H groups in total. The zero-order valence-corrected chi connectivity index (χ0v) is 9.84. The molecule has 1 aromatic heterocycles. The Morgan fingerprint density at radius 1 is 1.62 bits per heavy atom. The third-order valence-electron chi connectivity index (χ3n) is 2.87. The lowest BCUT2D eigenvalue weighted by atomic mass is 9.77. The van der Waals surface area contributed by atoms with E-state index in [1.807, 2.05) is 0 Å². The Balaban J connectivity index is 1.89. The molecule has 0 aromatic carbocycles. The normalized spacial score (nSPS) is 17.8. The number of hydrogen-bond donors (Lipinski definition) is 2. The van der Waals surface area contributed by atoms with Gasteiger partial charge in [-0.25, -0.2) is 0 Å². The van der Waals surface area contributed by atoms with Crippen molar-refractivity contribution in [1.29, 1.82) is 0 Å². The molecule has 16 heavy (non-hydrogen) atoms. The molecule has 6 nitrogen and oxygen atoms in total. The fourth-order valence-corrected chi connectivity index (χ4v) is 2.29. The van der Waals surface area contributed by atoms with Gasteiger partial charge in [-0.1, -0.05) is 11.3 Å². The fourth-order valence-electron chi connectivity index (χ4n) is 1.77. The third kappa shape index (κ3) is 2.30. The van der Waals surface area contributed by atoms with Crippen molar-refractivity contribution < 1.29 is 9.53 Å². The van der Waals surface area contributed by atoms with Crippen LogP contribution in [0, 0.1) is 0 Å². The van der Waals surface area contributed by atoms with E-state index < -0.39 is 0 Å². The molecule has 0 radical (unpaired) electrons. The predicted octanol–water partition coefficient (Wildman–Crippen LogP) is 1.02. The molecule has 1 heterocycles. The first-order valence-electron chi connectivity index (χ1n) is 5.07. The maximum absolute atomic E-state index is 11.7. The van der Waals surface area contributed by atoms with Gasteiger partial charge in [0.15, 0.2) is 0 Å². The van der Waals surface area contributed by atoms with Crippen molar-refractivity contribution in [3.8, 4) is 0 Å². The number of methoxy groups -OCH3 is 1. The van der Waals surface area contributed by atoms with Crippen molar-refractivity contribution in [2.45, 2.75) is 31.3 Å². The van der Waals surface area contributed by atoms with Crippen LogP contribution in [0.15, 0.2) is 0 Å².